The molecule has 0 aliphatic carbocycles. The Balaban J connectivity index is -0.000000414. The van der Waals surface area contributed by atoms with E-state index in [2.05, 4.69) is 44.3 Å². The Hall–Kier alpha value is -1.82. The van der Waals surface area contributed by atoms with E-state index in [4.69, 9.17) is 14.0 Å². The third-order valence-electron chi connectivity index (χ3n) is 2.54. The maximum atomic E-state index is 11.2. The van der Waals surface area contributed by atoms with Gasteiger partial charge in [-0.05, 0) is 24.1 Å². The minimum absolute atomic E-state index is 0. The molecule has 0 saturated carbocycles. The maximum absolute atomic E-state index is 11.2. The molecule has 21 heavy (non-hydrogen) atoms. The molecule has 0 fully saturated rings. The quantitative estimate of drug-likeness (QED) is 0.633. The monoisotopic (exact) mass is 323 g/mol. The first kappa shape index (κ1) is 24.2. The van der Waals surface area contributed by atoms with Gasteiger partial charge in [-0.1, -0.05) is 24.3 Å². The largest absolute Gasteiger partial charge is 0 e. The zero-order chi connectivity index (χ0) is 16.0. The summed E-state index contributed by atoms with van der Waals surface area (Å²) in [6.07, 6.45) is 3.89. The van der Waals surface area contributed by atoms with Gasteiger partial charge in [-0.25, -0.2) is 0 Å². The summed E-state index contributed by atoms with van der Waals surface area (Å²) in [6.45, 7) is 15.6. The van der Waals surface area contributed by atoms with Crippen LogP contribution in [-0.4, -0.2) is 5.78 Å². The smallest absolute Gasteiger partial charge is 0 e. The van der Waals surface area contributed by atoms with Crippen LogP contribution >= 0.6 is 0 Å². The molecule has 108 valence electrons. The molecule has 0 aromatic heterocycles. The molecule has 0 saturated heterocycles. The molecule has 1 aromatic rings. The third kappa shape index (κ3) is 8.86. The second-order valence-corrected chi connectivity index (χ2v) is 3.58. The molecule has 1 aliphatic rings. The van der Waals surface area contributed by atoms with Crippen molar-refractivity contribution < 1.29 is 36.1 Å². The summed E-state index contributed by atoms with van der Waals surface area (Å²) in [5, 5.41) is 3.21. The van der Waals surface area contributed by atoms with E-state index in [1.807, 2.05) is 12.1 Å². The minimum Gasteiger partial charge on any atom is 0 e. The number of hydrogen-bond acceptors (Lipinski definition) is 2. The van der Waals surface area contributed by atoms with E-state index in [9.17, 15) is 4.79 Å². The van der Waals surface area contributed by atoms with Gasteiger partial charge in [0.25, 0.3) is 0 Å². The number of allylic oxidation sites excluding steroid dienone is 1. The van der Waals surface area contributed by atoms with Crippen molar-refractivity contribution >= 4 is 5.78 Å². The molecule has 5 nitrogen and oxygen atoms in total. The molecule has 0 bridgehead atoms. The number of hydrogen-bond donors (Lipinski definition) is 1. The average Bonchev–Trinajstić information content (AvgIpc) is 2.54. The van der Waals surface area contributed by atoms with Crippen LogP contribution in [0.5, 0.6) is 0 Å². The Kier molecular flexibility index (Phi) is 18.7. The first-order valence-electron chi connectivity index (χ1n) is 5.39. The second-order valence-electron chi connectivity index (χ2n) is 3.58. The molecule has 0 amide bonds. The number of ketones is 1. The molecule has 0 radical (unpaired) electrons. The summed E-state index contributed by atoms with van der Waals surface area (Å²) < 4.78 is 22.5. The molecular weight excluding hydrogens is 310 g/mol. The van der Waals surface area contributed by atoms with E-state index < -0.39 is 0 Å². The Labute approximate surface area is 134 Å². The Morgan fingerprint density at radius 3 is 2.10 bits per heavy atom. The molecule has 1 atom stereocenters. The summed E-state index contributed by atoms with van der Waals surface area (Å²) in [7, 11) is 0. The SMILES string of the molecule is Cc1ccccc1[C@H]1CC(=O)C=CN1.[C-]#[O+].[C-]#[O+].[C-]#[O+].[Cr]. The molecular formula is C15H13CrNO4. The number of rotatable bonds is 1. The van der Waals surface area contributed by atoms with E-state index >= 15 is 0 Å². The summed E-state index contributed by atoms with van der Waals surface area (Å²) in [4.78, 5) is 11.2. The predicted molar refractivity (Wildman–Crippen MR) is 67.6 cm³/mol. The van der Waals surface area contributed by atoms with Crippen molar-refractivity contribution in [1.82, 2.24) is 5.32 Å². The van der Waals surface area contributed by atoms with Gasteiger partial charge in [-0.15, -0.1) is 0 Å². The van der Waals surface area contributed by atoms with Gasteiger partial charge >= 0.3 is 33.9 Å². The van der Waals surface area contributed by atoms with Gasteiger partial charge in [0.1, 0.15) is 0 Å². The van der Waals surface area contributed by atoms with E-state index in [1.165, 1.54) is 11.1 Å². The molecule has 1 aromatic carbocycles. The average molecular weight is 323 g/mol. The molecule has 1 N–H and O–H groups in total. The zero-order valence-corrected chi connectivity index (χ0v) is 12.6. The standard InChI is InChI=1S/C12H13NO.3CO.Cr/c1-9-4-2-3-5-11(9)12-8-10(14)6-7-13-12;3*1-2;/h2-7,12-13H,8H2,1H3;;;;/t12-;;;;/m1..../s1. The van der Waals surface area contributed by atoms with E-state index in [1.54, 1.807) is 12.3 Å². The van der Waals surface area contributed by atoms with Crippen LogP contribution in [0.2, 0.25) is 0 Å². The van der Waals surface area contributed by atoms with Crippen LogP contribution in [0.4, 0.5) is 0 Å². The van der Waals surface area contributed by atoms with E-state index in [-0.39, 0.29) is 29.2 Å². The summed E-state index contributed by atoms with van der Waals surface area (Å²) >= 11 is 0. The fourth-order valence-corrected chi connectivity index (χ4v) is 1.76. The first-order chi connectivity index (χ1) is 9.77. The van der Waals surface area contributed by atoms with E-state index in [0.717, 1.165) is 0 Å². The first-order valence-corrected chi connectivity index (χ1v) is 5.39. The van der Waals surface area contributed by atoms with Crippen molar-refractivity contribution in [3.05, 3.63) is 67.6 Å². The molecule has 0 spiro atoms. The number of benzene rings is 1. The molecule has 0 unspecified atom stereocenters. The Morgan fingerprint density at radius 1 is 1.10 bits per heavy atom. The number of nitrogens with one attached hydrogen (secondary N) is 1. The number of aryl methyl sites for hydroxylation is 1. The van der Waals surface area contributed by atoms with Crippen LogP contribution in [0, 0.1) is 26.9 Å². The van der Waals surface area contributed by atoms with Gasteiger partial charge in [-0.3, -0.25) is 4.79 Å². The van der Waals surface area contributed by atoms with Gasteiger partial charge in [0.05, 0.1) is 6.04 Å². The minimum atomic E-state index is 0. The fraction of sp³-hybridized carbons (Fsp3) is 0.200. The topological polar surface area (TPSA) is 88.8 Å². The summed E-state index contributed by atoms with van der Waals surface area (Å²) in [5.74, 6) is 0.192. The van der Waals surface area contributed by atoms with Crippen LogP contribution in [0.3, 0.4) is 0 Å². The van der Waals surface area contributed by atoms with Gasteiger partial charge in [0.15, 0.2) is 5.78 Å². The number of carbonyl (C=O) groups excluding carboxylic acids is 1. The van der Waals surface area contributed by atoms with Gasteiger partial charge in [0, 0.05) is 30.0 Å². The van der Waals surface area contributed by atoms with Crippen molar-refractivity contribution in [2.45, 2.75) is 19.4 Å². The number of carbonyl (C=O) groups is 1. The normalized spacial score (nSPS) is 14.0. The molecule has 1 aliphatic heterocycles. The summed E-state index contributed by atoms with van der Waals surface area (Å²) in [5.41, 5.74) is 2.44. The summed E-state index contributed by atoms with van der Waals surface area (Å²) in [6, 6.07) is 8.31. The van der Waals surface area contributed by atoms with Gasteiger partial charge in [-0.2, -0.15) is 0 Å². The van der Waals surface area contributed by atoms with E-state index in [0.29, 0.717) is 6.42 Å². The van der Waals surface area contributed by atoms with Crippen LogP contribution in [0.1, 0.15) is 23.6 Å². The maximum Gasteiger partial charge on any atom is 0 e. The Morgan fingerprint density at radius 2 is 1.62 bits per heavy atom. The molecule has 1 heterocycles. The van der Waals surface area contributed by atoms with Crippen molar-refractivity contribution in [2.24, 2.45) is 0 Å². The van der Waals surface area contributed by atoms with Crippen LogP contribution < -0.4 is 5.32 Å². The van der Waals surface area contributed by atoms with Crippen LogP contribution in [-0.2, 0) is 36.1 Å². The van der Waals surface area contributed by atoms with Crippen LogP contribution in [0.25, 0.3) is 0 Å². The van der Waals surface area contributed by atoms with Gasteiger partial charge < -0.3 is 5.32 Å². The van der Waals surface area contributed by atoms with Gasteiger partial charge in [0.2, 0.25) is 0 Å². The third-order valence-corrected chi connectivity index (χ3v) is 2.54. The van der Waals surface area contributed by atoms with Crippen molar-refractivity contribution in [1.29, 1.82) is 0 Å². The van der Waals surface area contributed by atoms with Crippen molar-refractivity contribution in [3.63, 3.8) is 0 Å². The Bertz CT molecular complexity index is 492. The molecule has 2 rings (SSSR count). The van der Waals surface area contributed by atoms with Crippen LogP contribution in [0.15, 0.2) is 36.5 Å². The fourth-order valence-electron chi connectivity index (χ4n) is 1.76. The predicted octanol–water partition coefficient (Wildman–Crippen LogP) is 2.00. The zero-order valence-electron chi connectivity index (χ0n) is 11.3. The van der Waals surface area contributed by atoms with Crippen molar-refractivity contribution in [3.8, 4) is 0 Å². The van der Waals surface area contributed by atoms with Crippen molar-refractivity contribution in [2.75, 3.05) is 0 Å². The molecule has 6 heteroatoms. The second kappa shape index (κ2) is 16.2.